The zero-order valence-corrected chi connectivity index (χ0v) is 17.8. The summed E-state index contributed by atoms with van der Waals surface area (Å²) < 4.78 is 5.39. The van der Waals surface area contributed by atoms with Gasteiger partial charge in [-0.05, 0) is 13.0 Å². The van der Waals surface area contributed by atoms with Gasteiger partial charge < -0.3 is 19.9 Å². The number of rotatable bonds is 5. The fourth-order valence-electron chi connectivity index (χ4n) is 3.12. The number of ether oxygens (including phenoxy) is 1. The number of guanidine groups is 1. The summed E-state index contributed by atoms with van der Waals surface area (Å²) in [6.45, 7) is 12.2. The van der Waals surface area contributed by atoms with Gasteiger partial charge in [-0.2, -0.15) is 0 Å². The molecule has 146 valence electrons. The van der Waals surface area contributed by atoms with Gasteiger partial charge in [0.15, 0.2) is 5.96 Å². The number of nitrogens with one attached hydrogen (secondary N) is 1. The highest BCUT2D eigenvalue weighted by molar-refractivity contribution is 14.0. The molecule has 0 amide bonds. The molecule has 1 aromatic heterocycles. The second-order valence-corrected chi connectivity index (χ2v) is 6.21. The molecule has 0 atom stereocenters. The van der Waals surface area contributed by atoms with Gasteiger partial charge in [-0.25, -0.2) is 9.97 Å². The lowest BCUT2D eigenvalue weighted by Crippen LogP contribution is -2.53. The zero-order chi connectivity index (χ0) is 17.3. The Kier molecular flexibility index (Phi) is 9.33. The predicted octanol–water partition coefficient (Wildman–Crippen LogP) is 0.514. The highest BCUT2D eigenvalue weighted by Crippen LogP contribution is 2.09. The lowest BCUT2D eigenvalue weighted by molar-refractivity contribution is 0.0394. The molecule has 2 fully saturated rings. The highest BCUT2D eigenvalue weighted by atomic mass is 127. The molecule has 2 saturated heterocycles. The van der Waals surface area contributed by atoms with E-state index in [0.717, 1.165) is 84.0 Å². The van der Waals surface area contributed by atoms with Crippen molar-refractivity contribution in [3.05, 3.63) is 18.5 Å². The summed E-state index contributed by atoms with van der Waals surface area (Å²) in [6.07, 6.45) is 3.59. The first-order chi connectivity index (χ1) is 12.4. The summed E-state index contributed by atoms with van der Waals surface area (Å²) in [5.41, 5.74) is 0. The molecular formula is C17H30IN7O. The number of nitrogens with zero attached hydrogens (tertiary/aromatic N) is 6. The Morgan fingerprint density at radius 3 is 2.46 bits per heavy atom. The van der Waals surface area contributed by atoms with Crippen LogP contribution < -0.4 is 10.2 Å². The normalized spacial score (nSPS) is 19.2. The van der Waals surface area contributed by atoms with Gasteiger partial charge in [-0.3, -0.25) is 9.89 Å². The van der Waals surface area contributed by atoms with Crippen LogP contribution in [0, 0.1) is 0 Å². The van der Waals surface area contributed by atoms with Crippen LogP contribution in [0.25, 0.3) is 0 Å². The van der Waals surface area contributed by atoms with Crippen LogP contribution in [0.4, 0.5) is 5.95 Å². The minimum atomic E-state index is 0. The summed E-state index contributed by atoms with van der Waals surface area (Å²) in [5, 5.41) is 3.43. The summed E-state index contributed by atoms with van der Waals surface area (Å²) in [5.74, 6) is 1.83. The van der Waals surface area contributed by atoms with Crippen LogP contribution in [-0.4, -0.2) is 97.8 Å². The van der Waals surface area contributed by atoms with Crippen molar-refractivity contribution in [2.75, 3.05) is 77.0 Å². The zero-order valence-electron chi connectivity index (χ0n) is 15.5. The Bertz CT molecular complexity index is 531. The molecule has 1 aromatic rings. The number of anilines is 1. The number of hydrogen-bond donors (Lipinski definition) is 1. The fraction of sp³-hybridized carbons (Fsp3) is 0.706. The number of morpholine rings is 1. The van der Waals surface area contributed by atoms with Crippen LogP contribution in [0.2, 0.25) is 0 Å². The van der Waals surface area contributed by atoms with Crippen LogP contribution >= 0.6 is 24.0 Å². The summed E-state index contributed by atoms with van der Waals surface area (Å²) >= 11 is 0. The molecule has 3 rings (SSSR count). The quantitative estimate of drug-likeness (QED) is 0.378. The van der Waals surface area contributed by atoms with Gasteiger partial charge >= 0.3 is 0 Å². The molecule has 2 aliphatic rings. The lowest BCUT2D eigenvalue weighted by atomic mass is 10.3. The molecule has 3 heterocycles. The van der Waals surface area contributed by atoms with Crippen molar-refractivity contribution in [2.45, 2.75) is 6.92 Å². The van der Waals surface area contributed by atoms with Crippen LogP contribution in [0.5, 0.6) is 0 Å². The Balaban J connectivity index is 0.00000243. The van der Waals surface area contributed by atoms with Crippen molar-refractivity contribution in [3.8, 4) is 0 Å². The van der Waals surface area contributed by atoms with Crippen molar-refractivity contribution < 1.29 is 4.74 Å². The molecule has 26 heavy (non-hydrogen) atoms. The fourth-order valence-corrected chi connectivity index (χ4v) is 3.12. The molecule has 0 radical (unpaired) electrons. The van der Waals surface area contributed by atoms with E-state index in [1.165, 1.54) is 0 Å². The van der Waals surface area contributed by atoms with Crippen LogP contribution in [0.15, 0.2) is 23.5 Å². The van der Waals surface area contributed by atoms with Gasteiger partial charge in [0.25, 0.3) is 0 Å². The topological polar surface area (TPSA) is 69.1 Å². The molecule has 0 saturated carbocycles. The average molecular weight is 475 g/mol. The van der Waals surface area contributed by atoms with Crippen LogP contribution in [0.3, 0.4) is 0 Å². The number of aromatic nitrogens is 2. The maximum absolute atomic E-state index is 5.39. The van der Waals surface area contributed by atoms with Crippen molar-refractivity contribution in [3.63, 3.8) is 0 Å². The van der Waals surface area contributed by atoms with Crippen LogP contribution in [-0.2, 0) is 4.74 Å². The molecule has 9 heteroatoms. The van der Waals surface area contributed by atoms with E-state index in [-0.39, 0.29) is 24.0 Å². The molecule has 1 N–H and O–H groups in total. The van der Waals surface area contributed by atoms with E-state index in [9.17, 15) is 0 Å². The smallest absolute Gasteiger partial charge is 0.225 e. The van der Waals surface area contributed by atoms with E-state index >= 15 is 0 Å². The standard InChI is InChI=1S/C17H29N7O.HI/c1-2-18-16(21-6-7-22-12-14-25-15-13-22)23-8-10-24(11-9-23)17-19-4-3-5-20-17;/h3-5H,2,6-15H2,1H3,(H,18,21);1H. The molecule has 0 bridgehead atoms. The molecule has 0 aromatic carbocycles. The molecule has 2 aliphatic heterocycles. The Labute approximate surface area is 173 Å². The lowest BCUT2D eigenvalue weighted by Gasteiger charge is -2.36. The maximum Gasteiger partial charge on any atom is 0.225 e. The van der Waals surface area contributed by atoms with Gasteiger partial charge in [0.2, 0.25) is 5.95 Å². The number of halogens is 1. The van der Waals surface area contributed by atoms with Gasteiger partial charge in [0.1, 0.15) is 0 Å². The van der Waals surface area contributed by atoms with E-state index in [2.05, 4.69) is 36.9 Å². The van der Waals surface area contributed by atoms with Gasteiger partial charge in [0, 0.05) is 64.8 Å². The summed E-state index contributed by atoms with van der Waals surface area (Å²) in [6, 6.07) is 1.85. The van der Waals surface area contributed by atoms with Crippen molar-refractivity contribution in [1.82, 2.24) is 25.1 Å². The Morgan fingerprint density at radius 2 is 1.81 bits per heavy atom. The van der Waals surface area contributed by atoms with Gasteiger partial charge in [-0.1, -0.05) is 0 Å². The van der Waals surface area contributed by atoms with E-state index in [1.807, 2.05) is 6.07 Å². The minimum absolute atomic E-state index is 0. The van der Waals surface area contributed by atoms with Gasteiger partial charge in [-0.15, -0.1) is 24.0 Å². The maximum atomic E-state index is 5.39. The first-order valence-corrected chi connectivity index (χ1v) is 9.22. The minimum Gasteiger partial charge on any atom is -0.379 e. The first-order valence-electron chi connectivity index (χ1n) is 9.22. The second-order valence-electron chi connectivity index (χ2n) is 6.21. The van der Waals surface area contributed by atoms with Crippen molar-refractivity contribution >= 4 is 35.9 Å². The second kappa shape index (κ2) is 11.5. The summed E-state index contributed by atoms with van der Waals surface area (Å²) in [4.78, 5) is 20.5. The predicted molar refractivity (Wildman–Crippen MR) is 114 cm³/mol. The molecular weight excluding hydrogens is 445 g/mol. The monoisotopic (exact) mass is 475 g/mol. The number of aliphatic imine (C=N–C) groups is 1. The highest BCUT2D eigenvalue weighted by Gasteiger charge is 2.21. The Morgan fingerprint density at radius 1 is 1.12 bits per heavy atom. The molecule has 0 spiro atoms. The van der Waals surface area contributed by atoms with E-state index in [4.69, 9.17) is 9.73 Å². The van der Waals surface area contributed by atoms with Gasteiger partial charge in [0.05, 0.1) is 19.8 Å². The first kappa shape index (κ1) is 21.1. The molecule has 8 nitrogen and oxygen atoms in total. The molecule has 0 unspecified atom stereocenters. The third kappa shape index (κ3) is 6.20. The van der Waals surface area contributed by atoms with Crippen molar-refractivity contribution in [2.24, 2.45) is 4.99 Å². The SMILES string of the molecule is CCNC(=NCCN1CCOCC1)N1CCN(c2ncccn2)CC1.I. The number of hydrogen-bond acceptors (Lipinski definition) is 6. The third-order valence-electron chi connectivity index (χ3n) is 4.53. The Hall–Kier alpha value is -1.20. The van der Waals surface area contributed by atoms with Crippen LogP contribution in [0.1, 0.15) is 6.92 Å². The van der Waals surface area contributed by atoms with Crippen molar-refractivity contribution in [1.29, 1.82) is 0 Å². The molecule has 0 aliphatic carbocycles. The van der Waals surface area contributed by atoms with E-state index in [0.29, 0.717) is 0 Å². The third-order valence-corrected chi connectivity index (χ3v) is 4.53. The average Bonchev–Trinajstić information content (AvgIpc) is 2.69. The largest absolute Gasteiger partial charge is 0.379 e. The number of piperazine rings is 1. The van der Waals surface area contributed by atoms with E-state index in [1.54, 1.807) is 12.4 Å². The summed E-state index contributed by atoms with van der Waals surface area (Å²) in [7, 11) is 0. The van der Waals surface area contributed by atoms with E-state index < -0.39 is 0 Å².